The van der Waals surface area contributed by atoms with Crippen molar-refractivity contribution in [3.63, 3.8) is 0 Å². The largest absolute Gasteiger partial charge is 0.490 e. The third kappa shape index (κ3) is 4.61. The van der Waals surface area contributed by atoms with E-state index in [1.54, 1.807) is 48.6 Å². The standard InChI is InChI=1S/C21H20N2O5S/c1-4-11-27-17-9-5-7-15(12-17)13-19-21(24)28-20(22-19)16-8-6-10-18(14-16)29(25,26)23(2)3/h4-10,12-14H,1,11H2,2-3H3/b19-13-. The van der Waals surface area contributed by atoms with Crippen molar-refractivity contribution in [1.82, 2.24) is 4.31 Å². The summed E-state index contributed by atoms with van der Waals surface area (Å²) in [6.45, 7) is 3.97. The first kappa shape index (κ1) is 20.5. The first-order valence-electron chi connectivity index (χ1n) is 8.70. The average Bonchev–Trinajstić information content (AvgIpc) is 3.07. The minimum atomic E-state index is -3.61. The Labute approximate surface area is 169 Å². The van der Waals surface area contributed by atoms with Gasteiger partial charge in [-0.3, -0.25) is 0 Å². The maximum atomic E-state index is 12.3. The third-order valence-electron chi connectivity index (χ3n) is 4.01. The van der Waals surface area contributed by atoms with Crippen molar-refractivity contribution in [2.75, 3.05) is 20.7 Å². The van der Waals surface area contributed by atoms with Gasteiger partial charge in [0.2, 0.25) is 15.9 Å². The number of cyclic esters (lactones) is 1. The normalized spacial score (nSPS) is 15.3. The quantitative estimate of drug-likeness (QED) is 0.397. The van der Waals surface area contributed by atoms with Crippen LogP contribution in [0, 0.1) is 0 Å². The van der Waals surface area contributed by atoms with Crippen molar-refractivity contribution < 1.29 is 22.7 Å². The van der Waals surface area contributed by atoms with Gasteiger partial charge in [0, 0.05) is 19.7 Å². The molecule has 7 nitrogen and oxygen atoms in total. The molecule has 0 aromatic heterocycles. The number of hydrogen-bond donors (Lipinski definition) is 0. The molecule has 0 N–H and O–H groups in total. The fourth-order valence-electron chi connectivity index (χ4n) is 2.54. The van der Waals surface area contributed by atoms with Crippen LogP contribution in [0.3, 0.4) is 0 Å². The molecule has 0 atom stereocenters. The summed E-state index contributed by atoms with van der Waals surface area (Å²) >= 11 is 0. The predicted molar refractivity (Wildman–Crippen MR) is 110 cm³/mol. The van der Waals surface area contributed by atoms with E-state index in [0.29, 0.717) is 23.5 Å². The van der Waals surface area contributed by atoms with Gasteiger partial charge in [-0.25, -0.2) is 22.5 Å². The van der Waals surface area contributed by atoms with Crippen LogP contribution in [0.25, 0.3) is 6.08 Å². The van der Waals surface area contributed by atoms with Gasteiger partial charge < -0.3 is 9.47 Å². The monoisotopic (exact) mass is 412 g/mol. The van der Waals surface area contributed by atoms with Crippen molar-refractivity contribution in [3.8, 4) is 5.75 Å². The van der Waals surface area contributed by atoms with E-state index in [1.165, 1.54) is 26.2 Å². The lowest BCUT2D eigenvalue weighted by atomic mass is 10.2. The number of ether oxygens (including phenoxy) is 2. The third-order valence-corrected chi connectivity index (χ3v) is 5.82. The van der Waals surface area contributed by atoms with E-state index in [1.807, 2.05) is 0 Å². The van der Waals surface area contributed by atoms with Gasteiger partial charge in [-0.15, -0.1) is 0 Å². The van der Waals surface area contributed by atoms with E-state index in [9.17, 15) is 13.2 Å². The first-order valence-corrected chi connectivity index (χ1v) is 10.1. The summed E-state index contributed by atoms with van der Waals surface area (Å²) in [4.78, 5) is 16.6. The van der Waals surface area contributed by atoms with Gasteiger partial charge >= 0.3 is 5.97 Å². The Hall–Kier alpha value is -3.23. The molecule has 0 radical (unpaired) electrons. The molecule has 0 spiro atoms. The number of nitrogens with zero attached hydrogens (tertiary/aromatic N) is 2. The zero-order valence-electron chi connectivity index (χ0n) is 16.0. The molecule has 2 aromatic carbocycles. The molecule has 1 aliphatic rings. The van der Waals surface area contributed by atoms with Crippen LogP contribution in [-0.2, 0) is 19.6 Å². The molecule has 0 unspecified atom stereocenters. The SMILES string of the molecule is C=CCOc1cccc(/C=C2\N=C(c3cccc(S(=O)(=O)N(C)C)c3)OC2=O)c1. The van der Waals surface area contributed by atoms with Crippen LogP contribution in [0.5, 0.6) is 5.75 Å². The molecule has 3 rings (SSSR count). The van der Waals surface area contributed by atoms with Crippen molar-refractivity contribution in [3.05, 3.63) is 78.0 Å². The minimum Gasteiger partial charge on any atom is -0.490 e. The van der Waals surface area contributed by atoms with Crippen LogP contribution in [0.15, 0.2) is 76.8 Å². The minimum absolute atomic E-state index is 0.0520. The van der Waals surface area contributed by atoms with Gasteiger partial charge in [0.1, 0.15) is 12.4 Å². The molecule has 1 heterocycles. The van der Waals surface area contributed by atoms with E-state index >= 15 is 0 Å². The summed E-state index contributed by atoms with van der Waals surface area (Å²) < 4.78 is 36.5. The molecule has 0 saturated carbocycles. The van der Waals surface area contributed by atoms with E-state index in [0.717, 1.165) is 4.31 Å². The number of aliphatic imine (C=N–C) groups is 1. The topological polar surface area (TPSA) is 85.3 Å². The fraction of sp³-hybridized carbons (Fsp3) is 0.143. The summed E-state index contributed by atoms with van der Waals surface area (Å²) in [6, 6.07) is 13.3. The number of hydrogen-bond acceptors (Lipinski definition) is 6. The van der Waals surface area contributed by atoms with Gasteiger partial charge in [0.15, 0.2) is 5.70 Å². The van der Waals surface area contributed by atoms with Crippen LogP contribution in [0.2, 0.25) is 0 Å². The molecule has 0 aliphatic carbocycles. The highest BCUT2D eigenvalue weighted by molar-refractivity contribution is 7.89. The van der Waals surface area contributed by atoms with Crippen molar-refractivity contribution in [2.24, 2.45) is 4.99 Å². The van der Waals surface area contributed by atoms with Gasteiger partial charge in [-0.2, -0.15) is 0 Å². The molecule has 29 heavy (non-hydrogen) atoms. The molecule has 0 fully saturated rings. The van der Waals surface area contributed by atoms with Crippen molar-refractivity contribution >= 4 is 28.0 Å². The highest BCUT2D eigenvalue weighted by Gasteiger charge is 2.26. The zero-order chi connectivity index (χ0) is 21.0. The van der Waals surface area contributed by atoms with Crippen LogP contribution in [-0.4, -0.2) is 45.3 Å². The van der Waals surface area contributed by atoms with Crippen molar-refractivity contribution in [2.45, 2.75) is 4.90 Å². The smallest absolute Gasteiger partial charge is 0.363 e. The van der Waals surface area contributed by atoms with Crippen molar-refractivity contribution in [1.29, 1.82) is 0 Å². The van der Waals surface area contributed by atoms with Crippen LogP contribution >= 0.6 is 0 Å². The maximum Gasteiger partial charge on any atom is 0.363 e. The Morgan fingerprint density at radius 3 is 2.66 bits per heavy atom. The number of rotatable bonds is 7. The second kappa shape index (κ2) is 8.42. The van der Waals surface area contributed by atoms with E-state index < -0.39 is 16.0 Å². The van der Waals surface area contributed by atoms with E-state index in [-0.39, 0.29) is 16.5 Å². The predicted octanol–water partition coefficient (Wildman–Crippen LogP) is 2.85. The second-order valence-electron chi connectivity index (χ2n) is 6.32. The highest BCUT2D eigenvalue weighted by atomic mass is 32.2. The summed E-state index contributed by atoms with van der Waals surface area (Å²) in [5, 5.41) is 0. The Bertz CT molecular complexity index is 1120. The van der Waals surface area contributed by atoms with Gasteiger partial charge in [0.25, 0.3) is 0 Å². The van der Waals surface area contributed by atoms with Crippen LogP contribution < -0.4 is 4.74 Å². The summed E-state index contributed by atoms with van der Waals surface area (Å²) in [7, 11) is -0.720. The number of carbonyl (C=O) groups excluding carboxylic acids is 1. The summed E-state index contributed by atoms with van der Waals surface area (Å²) in [5.41, 5.74) is 1.22. The Morgan fingerprint density at radius 1 is 1.17 bits per heavy atom. The van der Waals surface area contributed by atoms with Gasteiger partial charge in [-0.1, -0.05) is 30.9 Å². The molecular formula is C21H20N2O5S. The van der Waals surface area contributed by atoms with Crippen LogP contribution in [0.1, 0.15) is 11.1 Å². The summed E-state index contributed by atoms with van der Waals surface area (Å²) in [6.07, 6.45) is 3.22. The molecular weight excluding hydrogens is 392 g/mol. The van der Waals surface area contributed by atoms with Crippen LogP contribution in [0.4, 0.5) is 0 Å². The van der Waals surface area contributed by atoms with Gasteiger partial charge in [-0.05, 0) is 42.0 Å². The van der Waals surface area contributed by atoms with E-state index in [2.05, 4.69) is 11.6 Å². The van der Waals surface area contributed by atoms with Gasteiger partial charge in [0.05, 0.1) is 4.90 Å². The number of carbonyl (C=O) groups is 1. The second-order valence-corrected chi connectivity index (χ2v) is 8.48. The zero-order valence-corrected chi connectivity index (χ0v) is 16.8. The summed E-state index contributed by atoms with van der Waals surface area (Å²) in [5.74, 6) is 0.0748. The fourth-order valence-corrected chi connectivity index (χ4v) is 3.49. The van der Waals surface area contributed by atoms with E-state index in [4.69, 9.17) is 9.47 Å². The number of sulfonamides is 1. The molecule has 0 amide bonds. The highest BCUT2D eigenvalue weighted by Crippen LogP contribution is 2.23. The molecule has 150 valence electrons. The Morgan fingerprint density at radius 2 is 1.93 bits per heavy atom. The molecule has 0 saturated heterocycles. The average molecular weight is 412 g/mol. The molecule has 8 heteroatoms. The maximum absolute atomic E-state index is 12.3. The molecule has 2 aromatic rings. The molecule has 1 aliphatic heterocycles. The lowest BCUT2D eigenvalue weighted by Crippen LogP contribution is -2.22. The Balaban J connectivity index is 1.91. The Kier molecular flexibility index (Phi) is 5.95. The lowest BCUT2D eigenvalue weighted by Gasteiger charge is -2.11. The number of esters is 1. The lowest BCUT2D eigenvalue weighted by molar-refractivity contribution is -0.129. The molecule has 0 bridgehead atoms. The number of benzene rings is 2. The first-order chi connectivity index (χ1) is 13.8.